The molecule has 0 fully saturated rings. The summed E-state index contributed by atoms with van der Waals surface area (Å²) in [6.45, 7) is 0.489. The molecule has 82 valence electrons. The number of benzene rings is 1. The van der Waals surface area contributed by atoms with Crippen LogP contribution in [-0.2, 0) is 0 Å². The molecule has 0 saturated carbocycles. The fraction of sp³-hybridized carbons (Fsp3) is 0.455. The fourth-order valence-electron chi connectivity index (χ4n) is 2.13. The third-order valence-electron chi connectivity index (χ3n) is 2.95. The summed E-state index contributed by atoms with van der Waals surface area (Å²) in [6.07, 6.45) is -0.597. The lowest BCUT2D eigenvalue weighted by molar-refractivity contribution is 0.0595. The number of aromatic hydroxyl groups is 1. The van der Waals surface area contributed by atoms with Crippen LogP contribution in [0.2, 0.25) is 0 Å². The number of aliphatic hydroxyl groups is 2. The molecular formula is C11H15NO3. The highest BCUT2D eigenvalue weighted by molar-refractivity contribution is 5.40. The highest BCUT2D eigenvalue weighted by Gasteiger charge is 2.29. The highest BCUT2D eigenvalue weighted by Crippen LogP contribution is 2.35. The van der Waals surface area contributed by atoms with Gasteiger partial charge in [0.05, 0.1) is 18.8 Å². The van der Waals surface area contributed by atoms with Crippen molar-refractivity contribution in [2.45, 2.75) is 12.1 Å². The van der Waals surface area contributed by atoms with Gasteiger partial charge in [0.15, 0.2) is 0 Å². The molecule has 0 unspecified atom stereocenters. The number of hydrogen-bond acceptors (Lipinski definition) is 4. The largest absolute Gasteiger partial charge is 0.508 e. The molecule has 1 aliphatic rings. The zero-order chi connectivity index (χ0) is 11.0. The third-order valence-corrected chi connectivity index (χ3v) is 2.95. The van der Waals surface area contributed by atoms with Crippen LogP contribution in [-0.4, -0.2) is 40.4 Å². The van der Waals surface area contributed by atoms with Crippen molar-refractivity contribution in [2.75, 3.05) is 20.2 Å². The van der Waals surface area contributed by atoms with Crippen molar-refractivity contribution < 1.29 is 15.3 Å². The van der Waals surface area contributed by atoms with Gasteiger partial charge in [0.1, 0.15) is 5.75 Å². The smallest absolute Gasteiger partial charge is 0.115 e. The number of β-amino-alcohol motifs (C(OH)–C–C–N with tert-alkyl or cyclic N) is 1. The predicted molar refractivity (Wildman–Crippen MR) is 55.5 cm³/mol. The van der Waals surface area contributed by atoms with Crippen LogP contribution in [0.5, 0.6) is 5.75 Å². The minimum atomic E-state index is -0.597. The molecule has 0 aromatic heterocycles. The summed E-state index contributed by atoms with van der Waals surface area (Å²) in [5.74, 6) is 0.147. The van der Waals surface area contributed by atoms with Gasteiger partial charge in [0, 0.05) is 6.54 Å². The molecule has 1 aromatic carbocycles. The molecule has 3 N–H and O–H groups in total. The molecule has 0 spiro atoms. The summed E-state index contributed by atoms with van der Waals surface area (Å²) >= 11 is 0. The van der Waals surface area contributed by atoms with E-state index in [9.17, 15) is 15.3 Å². The Kier molecular flexibility index (Phi) is 2.65. The molecule has 15 heavy (non-hydrogen) atoms. The topological polar surface area (TPSA) is 63.9 Å². The average Bonchev–Trinajstić information content (AvgIpc) is 2.19. The molecule has 1 aromatic rings. The lowest BCUT2D eigenvalue weighted by Crippen LogP contribution is -2.36. The molecule has 0 aliphatic carbocycles. The Morgan fingerprint density at radius 1 is 1.40 bits per heavy atom. The Hall–Kier alpha value is -1.10. The number of rotatable bonds is 1. The van der Waals surface area contributed by atoms with Gasteiger partial charge in [-0.1, -0.05) is 6.07 Å². The summed E-state index contributed by atoms with van der Waals surface area (Å²) in [4.78, 5) is 1.91. The van der Waals surface area contributed by atoms with E-state index in [-0.39, 0.29) is 18.4 Å². The van der Waals surface area contributed by atoms with Crippen molar-refractivity contribution in [3.05, 3.63) is 29.3 Å². The summed E-state index contributed by atoms with van der Waals surface area (Å²) in [5, 5.41) is 28.5. The molecule has 0 amide bonds. The summed E-state index contributed by atoms with van der Waals surface area (Å²) in [7, 11) is 1.86. The van der Waals surface area contributed by atoms with Gasteiger partial charge in [-0.3, -0.25) is 4.90 Å². The molecule has 4 nitrogen and oxygen atoms in total. The first kappa shape index (κ1) is 10.4. The first-order valence-corrected chi connectivity index (χ1v) is 4.95. The van der Waals surface area contributed by atoms with Crippen molar-refractivity contribution in [3.63, 3.8) is 0 Å². The summed E-state index contributed by atoms with van der Waals surface area (Å²) < 4.78 is 0. The van der Waals surface area contributed by atoms with Gasteiger partial charge in [0.2, 0.25) is 0 Å². The summed E-state index contributed by atoms with van der Waals surface area (Å²) in [6, 6.07) is 4.80. The Morgan fingerprint density at radius 3 is 2.80 bits per heavy atom. The molecule has 0 radical (unpaired) electrons. The lowest BCUT2D eigenvalue weighted by Gasteiger charge is -2.36. The van der Waals surface area contributed by atoms with Gasteiger partial charge in [-0.2, -0.15) is 0 Å². The van der Waals surface area contributed by atoms with Gasteiger partial charge < -0.3 is 15.3 Å². The predicted octanol–water partition coefficient (Wildman–Crippen LogP) is 0.404. The number of phenols is 1. The maximum atomic E-state index is 9.84. The van der Waals surface area contributed by atoms with Gasteiger partial charge >= 0.3 is 0 Å². The van der Waals surface area contributed by atoms with E-state index in [2.05, 4.69) is 0 Å². The molecular weight excluding hydrogens is 194 g/mol. The van der Waals surface area contributed by atoms with Crippen LogP contribution in [0.15, 0.2) is 18.2 Å². The molecule has 0 bridgehead atoms. The molecule has 1 heterocycles. The van der Waals surface area contributed by atoms with E-state index in [0.29, 0.717) is 12.1 Å². The van der Waals surface area contributed by atoms with Crippen molar-refractivity contribution in [1.82, 2.24) is 4.90 Å². The summed E-state index contributed by atoms with van der Waals surface area (Å²) in [5.41, 5.74) is 1.60. The van der Waals surface area contributed by atoms with Crippen LogP contribution < -0.4 is 0 Å². The fourth-order valence-corrected chi connectivity index (χ4v) is 2.13. The van der Waals surface area contributed by atoms with Gasteiger partial charge in [-0.05, 0) is 30.3 Å². The standard InChI is InChI=1S/C11H15NO3/c1-12-5-11(15)9-4-7(14)2-3-8(9)10(12)6-13/h2-4,10-11,13-15H,5-6H2,1H3/t10-,11+/m1/s1. The monoisotopic (exact) mass is 209 g/mol. The highest BCUT2D eigenvalue weighted by atomic mass is 16.3. The molecule has 0 saturated heterocycles. The van der Waals surface area contributed by atoms with Crippen LogP contribution in [0, 0.1) is 0 Å². The van der Waals surface area contributed by atoms with E-state index in [1.54, 1.807) is 18.2 Å². The molecule has 4 heteroatoms. The number of phenolic OH excluding ortho intramolecular Hbond substituents is 1. The van der Waals surface area contributed by atoms with E-state index in [0.717, 1.165) is 5.56 Å². The van der Waals surface area contributed by atoms with Crippen LogP contribution in [0.25, 0.3) is 0 Å². The van der Waals surface area contributed by atoms with E-state index < -0.39 is 6.10 Å². The van der Waals surface area contributed by atoms with Crippen molar-refractivity contribution in [2.24, 2.45) is 0 Å². The average molecular weight is 209 g/mol. The second-order valence-corrected chi connectivity index (χ2v) is 3.97. The number of aliphatic hydroxyl groups excluding tert-OH is 2. The Balaban J connectivity index is 2.48. The minimum absolute atomic E-state index is 0.0149. The van der Waals surface area contributed by atoms with Crippen LogP contribution in [0.4, 0.5) is 0 Å². The normalized spacial score (nSPS) is 26.3. The Bertz CT molecular complexity index is 367. The number of nitrogens with zero attached hydrogens (tertiary/aromatic N) is 1. The van der Waals surface area contributed by atoms with Gasteiger partial charge in [0.25, 0.3) is 0 Å². The van der Waals surface area contributed by atoms with Crippen LogP contribution >= 0.6 is 0 Å². The van der Waals surface area contributed by atoms with Crippen LogP contribution in [0.1, 0.15) is 23.3 Å². The van der Waals surface area contributed by atoms with Gasteiger partial charge in [-0.15, -0.1) is 0 Å². The van der Waals surface area contributed by atoms with E-state index >= 15 is 0 Å². The minimum Gasteiger partial charge on any atom is -0.508 e. The Labute approximate surface area is 88.4 Å². The third kappa shape index (κ3) is 1.71. The first-order valence-electron chi connectivity index (χ1n) is 4.95. The first-order chi connectivity index (χ1) is 7.13. The second-order valence-electron chi connectivity index (χ2n) is 3.97. The zero-order valence-corrected chi connectivity index (χ0v) is 8.59. The molecule has 2 atom stereocenters. The number of hydrogen-bond donors (Lipinski definition) is 3. The van der Waals surface area contributed by atoms with E-state index in [4.69, 9.17) is 0 Å². The maximum absolute atomic E-state index is 9.84. The van der Waals surface area contributed by atoms with E-state index in [1.165, 1.54) is 0 Å². The molecule has 2 rings (SSSR count). The molecule has 1 aliphatic heterocycles. The quantitative estimate of drug-likeness (QED) is 0.626. The Morgan fingerprint density at radius 2 is 2.13 bits per heavy atom. The van der Waals surface area contributed by atoms with E-state index in [1.807, 2.05) is 11.9 Å². The van der Waals surface area contributed by atoms with Crippen LogP contribution in [0.3, 0.4) is 0 Å². The van der Waals surface area contributed by atoms with Gasteiger partial charge in [-0.25, -0.2) is 0 Å². The number of fused-ring (bicyclic) bond motifs is 1. The van der Waals surface area contributed by atoms with Crippen molar-refractivity contribution >= 4 is 0 Å². The second kappa shape index (κ2) is 3.81. The van der Waals surface area contributed by atoms with Crippen molar-refractivity contribution in [3.8, 4) is 5.75 Å². The van der Waals surface area contributed by atoms with Crippen molar-refractivity contribution in [1.29, 1.82) is 0 Å². The number of likely N-dealkylation sites (N-methyl/N-ethyl adjacent to an activating group) is 1. The zero-order valence-electron chi connectivity index (χ0n) is 8.59. The SMILES string of the molecule is CN1C[C@H](O)c2cc(O)ccc2[C@H]1CO. The lowest BCUT2D eigenvalue weighted by atomic mass is 9.91. The maximum Gasteiger partial charge on any atom is 0.115 e.